The molecule has 0 amide bonds. The van der Waals surface area contributed by atoms with Gasteiger partial charge in [0.05, 0.1) is 11.0 Å². The van der Waals surface area contributed by atoms with E-state index in [1.54, 1.807) is 11.3 Å². The van der Waals surface area contributed by atoms with E-state index in [2.05, 4.69) is 42.3 Å². The lowest BCUT2D eigenvalue weighted by Crippen LogP contribution is -2.16. The number of thiazole rings is 1. The fourth-order valence-corrected chi connectivity index (χ4v) is 2.85. The van der Waals surface area contributed by atoms with Gasteiger partial charge < -0.3 is 5.32 Å². The zero-order valence-corrected chi connectivity index (χ0v) is 11.6. The van der Waals surface area contributed by atoms with E-state index in [1.165, 1.54) is 21.6 Å². The fraction of sp³-hybridized carbons (Fsp3) is 0.357. The predicted octanol–water partition coefficient (Wildman–Crippen LogP) is 3.38. The summed E-state index contributed by atoms with van der Waals surface area (Å²) in [5, 5.41) is 4.48. The van der Waals surface area contributed by atoms with Crippen molar-refractivity contribution in [3.8, 4) is 0 Å². The van der Waals surface area contributed by atoms with Crippen LogP contribution in [0.15, 0.2) is 24.4 Å². The van der Waals surface area contributed by atoms with Gasteiger partial charge in [0.2, 0.25) is 0 Å². The van der Waals surface area contributed by atoms with Crippen molar-refractivity contribution in [2.24, 2.45) is 0 Å². The van der Waals surface area contributed by atoms with Crippen molar-refractivity contribution in [2.45, 2.75) is 26.8 Å². The number of rotatable bonds is 3. The summed E-state index contributed by atoms with van der Waals surface area (Å²) in [4.78, 5) is 5.60. The summed E-state index contributed by atoms with van der Waals surface area (Å²) < 4.78 is 0. The third kappa shape index (κ3) is 2.56. The minimum atomic E-state index is 0.250. The highest BCUT2D eigenvalue weighted by Crippen LogP contribution is 2.27. The maximum Gasteiger partial charge on any atom is 0.0897 e. The molecule has 1 aromatic carbocycles. The first-order valence-corrected chi connectivity index (χ1v) is 6.60. The summed E-state index contributed by atoms with van der Waals surface area (Å²) >= 11 is 1.75. The van der Waals surface area contributed by atoms with Crippen molar-refractivity contribution in [2.75, 3.05) is 7.05 Å². The summed E-state index contributed by atoms with van der Waals surface area (Å²) in [6.07, 6.45) is 1.97. The largest absolute Gasteiger partial charge is 0.309 e. The van der Waals surface area contributed by atoms with Gasteiger partial charge in [-0.2, -0.15) is 0 Å². The highest BCUT2D eigenvalue weighted by Gasteiger charge is 2.14. The molecule has 0 aliphatic heterocycles. The van der Waals surface area contributed by atoms with Crippen LogP contribution in [-0.2, 0) is 0 Å². The van der Waals surface area contributed by atoms with E-state index in [0.717, 1.165) is 5.01 Å². The number of hydrogen-bond donors (Lipinski definition) is 1. The molecule has 2 aromatic rings. The Hall–Kier alpha value is -1.19. The second-order valence-electron chi connectivity index (χ2n) is 4.35. The van der Waals surface area contributed by atoms with Gasteiger partial charge in [-0.1, -0.05) is 18.2 Å². The Morgan fingerprint density at radius 2 is 1.94 bits per heavy atom. The number of aromatic nitrogens is 1. The van der Waals surface area contributed by atoms with E-state index in [9.17, 15) is 0 Å². The maximum absolute atomic E-state index is 4.33. The molecular formula is C14H18N2S. The molecule has 1 N–H and O–H groups in total. The minimum absolute atomic E-state index is 0.250. The van der Waals surface area contributed by atoms with Crippen LogP contribution in [-0.4, -0.2) is 12.0 Å². The first-order valence-electron chi connectivity index (χ1n) is 5.78. The molecule has 17 heavy (non-hydrogen) atoms. The maximum atomic E-state index is 4.33. The summed E-state index contributed by atoms with van der Waals surface area (Å²) in [5.41, 5.74) is 3.98. The molecule has 0 bridgehead atoms. The Morgan fingerprint density at radius 1 is 1.18 bits per heavy atom. The summed E-state index contributed by atoms with van der Waals surface area (Å²) in [7, 11) is 1.99. The number of hydrogen-bond acceptors (Lipinski definition) is 3. The standard InChI is InChI=1S/C14H18N2S/c1-9-5-6-12(7-10(9)2)14(15-4)13-8-16-11(3)17-13/h5-8,14-15H,1-4H3. The average Bonchev–Trinajstić information content (AvgIpc) is 2.71. The zero-order chi connectivity index (χ0) is 12.4. The highest BCUT2D eigenvalue weighted by atomic mass is 32.1. The number of nitrogens with one attached hydrogen (secondary N) is 1. The molecule has 0 saturated carbocycles. The molecule has 0 fully saturated rings. The van der Waals surface area contributed by atoms with Gasteiger partial charge in [-0.15, -0.1) is 11.3 Å². The van der Waals surface area contributed by atoms with Crippen LogP contribution in [0.25, 0.3) is 0 Å². The Labute approximate surface area is 107 Å². The lowest BCUT2D eigenvalue weighted by atomic mass is 10.0. The molecule has 0 saturated heterocycles. The van der Waals surface area contributed by atoms with E-state index in [1.807, 2.05) is 20.2 Å². The number of nitrogens with zero attached hydrogens (tertiary/aromatic N) is 1. The van der Waals surface area contributed by atoms with Gasteiger partial charge >= 0.3 is 0 Å². The molecule has 1 unspecified atom stereocenters. The zero-order valence-electron chi connectivity index (χ0n) is 10.7. The molecule has 2 rings (SSSR count). The Kier molecular flexibility index (Phi) is 3.60. The van der Waals surface area contributed by atoms with Gasteiger partial charge in [-0.3, -0.25) is 0 Å². The predicted molar refractivity (Wildman–Crippen MR) is 73.7 cm³/mol. The summed E-state index contributed by atoms with van der Waals surface area (Å²) in [6.45, 7) is 6.34. The molecule has 3 heteroatoms. The van der Waals surface area contributed by atoms with E-state index in [4.69, 9.17) is 0 Å². The molecule has 90 valence electrons. The molecule has 1 aromatic heterocycles. The van der Waals surface area contributed by atoms with Crippen molar-refractivity contribution >= 4 is 11.3 Å². The van der Waals surface area contributed by atoms with Crippen molar-refractivity contribution in [3.05, 3.63) is 51.0 Å². The summed E-state index contributed by atoms with van der Waals surface area (Å²) in [6, 6.07) is 6.88. The second kappa shape index (κ2) is 4.98. The van der Waals surface area contributed by atoms with Crippen molar-refractivity contribution < 1.29 is 0 Å². The van der Waals surface area contributed by atoms with Crippen LogP contribution >= 0.6 is 11.3 Å². The molecule has 0 aliphatic rings. The molecule has 1 atom stereocenters. The average molecular weight is 246 g/mol. The van der Waals surface area contributed by atoms with Crippen LogP contribution in [0.5, 0.6) is 0 Å². The normalized spacial score (nSPS) is 12.7. The Bertz CT molecular complexity index is 517. The molecular weight excluding hydrogens is 228 g/mol. The molecule has 0 spiro atoms. The quantitative estimate of drug-likeness (QED) is 0.898. The van der Waals surface area contributed by atoms with E-state index >= 15 is 0 Å². The second-order valence-corrected chi connectivity index (χ2v) is 5.61. The van der Waals surface area contributed by atoms with Crippen LogP contribution in [0, 0.1) is 20.8 Å². The lowest BCUT2D eigenvalue weighted by molar-refractivity contribution is 0.701. The monoisotopic (exact) mass is 246 g/mol. The van der Waals surface area contributed by atoms with Crippen LogP contribution in [0.4, 0.5) is 0 Å². The van der Waals surface area contributed by atoms with E-state index in [0.29, 0.717) is 0 Å². The van der Waals surface area contributed by atoms with Gasteiger partial charge in [0, 0.05) is 11.1 Å². The first-order chi connectivity index (χ1) is 8.11. The third-order valence-corrected chi connectivity index (χ3v) is 4.05. The van der Waals surface area contributed by atoms with Crippen LogP contribution in [0.3, 0.4) is 0 Å². The smallest absolute Gasteiger partial charge is 0.0897 e. The van der Waals surface area contributed by atoms with Crippen LogP contribution in [0.1, 0.15) is 32.6 Å². The van der Waals surface area contributed by atoms with Crippen LogP contribution in [0.2, 0.25) is 0 Å². The van der Waals surface area contributed by atoms with Gasteiger partial charge in [0.15, 0.2) is 0 Å². The number of aryl methyl sites for hydroxylation is 3. The van der Waals surface area contributed by atoms with E-state index < -0.39 is 0 Å². The molecule has 0 aliphatic carbocycles. The highest BCUT2D eigenvalue weighted by molar-refractivity contribution is 7.11. The lowest BCUT2D eigenvalue weighted by Gasteiger charge is -2.16. The molecule has 2 nitrogen and oxygen atoms in total. The Balaban J connectivity index is 2.38. The fourth-order valence-electron chi connectivity index (χ4n) is 1.93. The Morgan fingerprint density at radius 3 is 2.47 bits per heavy atom. The van der Waals surface area contributed by atoms with Crippen molar-refractivity contribution in [1.29, 1.82) is 0 Å². The molecule has 1 heterocycles. The summed E-state index contributed by atoms with van der Waals surface area (Å²) in [5.74, 6) is 0. The number of benzene rings is 1. The van der Waals surface area contributed by atoms with Crippen molar-refractivity contribution in [1.82, 2.24) is 10.3 Å². The van der Waals surface area contributed by atoms with Crippen LogP contribution < -0.4 is 5.32 Å². The third-order valence-electron chi connectivity index (χ3n) is 3.08. The van der Waals surface area contributed by atoms with Crippen molar-refractivity contribution in [3.63, 3.8) is 0 Å². The van der Waals surface area contributed by atoms with E-state index in [-0.39, 0.29) is 6.04 Å². The van der Waals surface area contributed by atoms with Gasteiger partial charge in [0.25, 0.3) is 0 Å². The minimum Gasteiger partial charge on any atom is -0.309 e. The van der Waals surface area contributed by atoms with Gasteiger partial charge in [0.1, 0.15) is 0 Å². The SMILES string of the molecule is CNC(c1ccc(C)c(C)c1)c1cnc(C)s1. The molecule has 0 radical (unpaired) electrons. The topological polar surface area (TPSA) is 24.9 Å². The first kappa shape index (κ1) is 12.3. The van der Waals surface area contributed by atoms with Gasteiger partial charge in [-0.25, -0.2) is 4.98 Å². The van der Waals surface area contributed by atoms with Gasteiger partial charge in [-0.05, 0) is 44.5 Å².